The average molecular weight is 397 g/mol. The van der Waals surface area contributed by atoms with Gasteiger partial charge in [0.05, 0.1) is 9.82 Å². The van der Waals surface area contributed by atoms with Gasteiger partial charge in [0, 0.05) is 29.7 Å². The normalized spacial score (nSPS) is 15.1. The van der Waals surface area contributed by atoms with Gasteiger partial charge in [-0.1, -0.05) is 29.8 Å². The molecule has 0 bridgehead atoms. The summed E-state index contributed by atoms with van der Waals surface area (Å²) in [5, 5.41) is 11.9. The third kappa shape index (κ3) is 3.82. The van der Waals surface area contributed by atoms with Gasteiger partial charge in [-0.25, -0.2) is 8.42 Å². The van der Waals surface area contributed by atoms with E-state index in [1.54, 1.807) is 24.3 Å². The summed E-state index contributed by atoms with van der Waals surface area (Å²) in [5.74, 6) is -0.00436. The zero-order chi connectivity index (χ0) is 18.7. The summed E-state index contributed by atoms with van der Waals surface area (Å²) in [6, 6.07) is 10.7. The van der Waals surface area contributed by atoms with Gasteiger partial charge in [-0.3, -0.25) is 10.1 Å². The lowest BCUT2D eigenvalue weighted by atomic mass is 10.2. The van der Waals surface area contributed by atoms with E-state index in [0.717, 1.165) is 18.9 Å². The topological polar surface area (TPSA) is 89.8 Å². The van der Waals surface area contributed by atoms with Gasteiger partial charge in [-0.2, -0.15) is 4.31 Å². The van der Waals surface area contributed by atoms with Gasteiger partial charge in [-0.05, 0) is 31.0 Å². The molecular formula is C17H17ClN2O5S. The molecule has 0 unspecified atom stereocenters. The van der Waals surface area contributed by atoms with Crippen molar-refractivity contribution in [1.82, 2.24) is 4.31 Å². The Bertz CT molecular complexity index is 927. The van der Waals surface area contributed by atoms with Crippen molar-refractivity contribution in [3.8, 4) is 5.75 Å². The van der Waals surface area contributed by atoms with Crippen molar-refractivity contribution in [3.05, 3.63) is 63.2 Å². The number of hydrogen-bond acceptors (Lipinski definition) is 5. The Labute approximate surface area is 156 Å². The maximum absolute atomic E-state index is 12.6. The van der Waals surface area contributed by atoms with Crippen LogP contribution >= 0.6 is 11.6 Å². The van der Waals surface area contributed by atoms with Gasteiger partial charge in [0.25, 0.3) is 0 Å². The highest BCUT2D eigenvalue weighted by Gasteiger charge is 2.29. The summed E-state index contributed by atoms with van der Waals surface area (Å²) in [4.78, 5) is 10.6. The molecule has 0 saturated carbocycles. The van der Waals surface area contributed by atoms with Crippen molar-refractivity contribution in [2.45, 2.75) is 24.3 Å². The van der Waals surface area contributed by atoms with E-state index in [0.29, 0.717) is 23.7 Å². The van der Waals surface area contributed by atoms with E-state index in [4.69, 9.17) is 16.3 Å². The molecule has 0 aromatic heterocycles. The van der Waals surface area contributed by atoms with Crippen LogP contribution in [0.1, 0.15) is 18.4 Å². The van der Waals surface area contributed by atoms with Crippen molar-refractivity contribution < 1.29 is 18.1 Å². The Kier molecular flexibility index (Phi) is 5.45. The molecule has 0 amide bonds. The Morgan fingerprint density at radius 1 is 1.15 bits per heavy atom. The Morgan fingerprint density at radius 3 is 2.50 bits per heavy atom. The van der Waals surface area contributed by atoms with E-state index in [2.05, 4.69) is 0 Å². The Balaban J connectivity index is 1.88. The first-order valence-corrected chi connectivity index (χ1v) is 9.86. The highest BCUT2D eigenvalue weighted by Crippen LogP contribution is 2.32. The van der Waals surface area contributed by atoms with Crippen LogP contribution in [0.4, 0.5) is 5.69 Å². The van der Waals surface area contributed by atoms with Crippen LogP contribution in [-0.4, -0.2) is 30.7 Å². The Hall–Kier alpha value is -2.16. The van der Waals surface area contributed by atoms with E-state index in [-0.39, 0.29) is 17.3 Å². The second kappa shape index (κ2) is 7.61. The minimum atomic E-state index is -3.73. The molecule has 1 fully saturated rings. The predicted molar refractivity (Wildman–Crippen MR) is 96.9 cm³/mol. The first-order chi connectivity index (χ1) is 12.4. The maximum Gasteiger partial charge on any atom is 0.312 e. The van der Waals surface area contributed by atoms with Crippen LogP contribution in [0, 0.1) is 10.1 Å². The summed E-state index contributed by atoms with van der Waals surface area (Å²) in [6.45, 7) is 0.903. The molecule has 0 atom stereocenters. The van der Waals surface area contributed by atoms with Crippen molar-refractivity contribution in [3.63, 3.8) is 0 Å². The number of benzene rings is 2. The second-order valence-corrected chi connectivity index (χ2v) is 8.22. The number of rotatable bonds is 6. The molecule has 7 nitrogen and oxygen atoms in total. The first-order valence-electron chi connectivity index (χ1n) is 8.04. The highest BCUT2D eigenvalue weighted by atomic mass is 35.5. The fraction of sp³-hybridized carbons (Fsp3) is 0.294. The minimum absolute atomic E-state index is 0.00436. The fourth-order valence-corrected chi connectivity index (χ4v) is 4.50. The molecule has 3 rings (SSSR count). The molecule has 0 radical (unpaired) electrons. The minimum Gasteiger partial charge on any atom is -0.482 e. The summed E-state index contributed by atoms with van der Waals surface area (Å²) >= 11 is 6.05. The number of hydrogen-bond donors (Lipinski definition) is 0. The third-order valence-corrected chi connectivity index (χ3v) is 6.43. The van der Waals surface area contributed by atoms with Gasteiger partial charge in [0.2, 0.25) is 10.0 Å². The zero-order valence-electron chi connectivity index (χ0n) is 13.8. The van der Waals surface area contributed by atoms with E-state index in [1.165, 1.54) is 16.4 Å². The SMILES string of the molecule is O=[N+]([O-])c1cc(S(=O)(=O)N2CCCC2)ccc1OCc1ccccc1Cl. The maximum atomic E-state index is 12.6. The molecule has 9 heteroatoms. The predicted octanol–water partition coefficient (Wildman–Crippen LogP) is 3.61. The van der Waals surface area contributed by atoms with Crippen molar-refractivity contribution in [2.24, 2.45) is 0 Å². The van der Waals surface area contributed by atoms with Gasteiger partial charge in [-0.15, -0.1) is 0 Å². The quantitative estimate of drug-likeness (QED) is 0.549. The molecule has 0 aliphatic carbocycles. The lowest BCUT2D eigenvalue weighted by Gasteiger charge is -2.16. The third-order valence-electron chi connectivity index (χ3n) is 4.17. The smallest absolute Gasteiger partial charge is 0.312 e. The van der Waals surface area contributed by atoms with Crippen LogP contribution in [-0.2, 0) is 16.6 Å². The number of halogens is 1. The van der Waals surface area contributed by atoms with Crippen LogP contribution in [0.25, 0.3) is 0 Å². The highest BCUT2D eigenvalue weighted by molar-refractivity contribution is 7.89. The van der Waals surface area contributed by atoms with Crippen LogP contribution in [0.15, 0.2) is 47.4 Å². The van der Waals surface area contributed by atoms with Crippen LogP contribution in [0.2, 0.25) is 5.02 Å². The lowest BCUT2D eigenvalue weighted by Crippen LogP contribution is -2.27. The largest absolute Gasteiger partial charge is 0.482 e. The van der Waals surface area contributed by atoms with E-state index in [9.17, 15) is 18.5 Å². The molecule has 2 aromatic rings. The zero-order valence-corrected chi connectivity index (χ0v) is 15.4. The van der Waals surface area contributed by atoms with Crippen molar-refractivity contribution >= 4 is 27.3 Å². The number of nitro benzene ring substituents is 1. The number of nitro groups is 1. The second-order valence-electron chi connectivity index (χ2n) is 5.88. The summed E-state index contributed by atoms with van der Waals surface area (Å²) in [5.41, 5.74) is 0.287. The molecule has 1 aliphatic rings. The summed E-state index contributed by atoms with van der Waals surface area (Å²) in [6.07, 6.45) is 1.58. The number of nitrogens with zero attached hydrogens (tertiary/aromatic N) is 2. The van der Waals surface area contributed by atoms with E-state index >= 15 is 0 Å². The van der Waals surface area contributed by atoms with Gasteiger partial charge in [0.15, 0.2) is 5.75 Å². The molecule has 138 valence electrons. The molecule has 1 saturated heterocycles. The van der Waals surface area contributed by atoms with Crippen molar-refractivity contribution in [2.75, 3.05) is 13.1 Å². The molecule has 1 aliphatic heterocycles. The Morgan fingerprint density at radius 2 is 1.85 bits per heavy atom. The average Bonchev–Trinajstić information content (AvgIpc) is 3.16. The van der Waals surface area contributed by atoms with Gasteiger partial charge in [0.1, 0.15) is 6.61 Å². The molecule has 26 heavy (non-hydrogen) atoms. The molecule has 2 aromatic carbocycles. The molecule has 0 spiro atoms. The van der Waals surface area contributed by atoms with Gasteiger partial charge >= 0.3 is 5.69 Å². The summed E-state index contributed by atoms with van der Waals surface area (Å²) < 4.78 is 32.0. The lowest BCUT2D eigenvalue weighted by molar-refractivity contribution is -0.386. The van der Waals surface area contributed by atoms with Crippen LogP contribution < -0.4 is 4.74 Å². The van der Waals surface area contributed by atoms with Gasteiger partial charge < -0.3 is 4.74 Å². The first kappa shape index (κ1) is 18.6. The monoisotopic (exact) mass is 396 g/mol. The fourth-order valence-electron chi connectivity index (χ4n) is 2.77. The van der Waals surface area contributed by atoms with Crippen LogP contribution in [0.5, 0.6) is 5.75 Å². The van der Waals surface area contributed by atoms with Crippen LogP contribution in [0.3, 0.4) is 0 Å². The van der Waals surface area contributed by atoms with E-state index < -0.39 is 20.6 Å². The molecule has 1 heterocycles. The van der Waals surface area contributed by atoms with E-state index in [1.807, 2.05) is 0 Å². The molecule has 0 N–H and O–H groups in total. The summed E-state index contributed by atoms with van der Waals surface area (Å²) in [7, 11) is -3.73. The van der Waals surface area contributed by atoms with Crippen molar-refractivity contribution in [1.29, 1.82) is 0 Å². The number of sulfonamides is 1. The number of ether oxygens (including phenoxy) is 1. The standard InChI is InChI=1S/C17H17ClN2O5S/c18-15-6-2-1-5-13(15)12-25-17-8-7-14(11-16(17)20(21)22)26(23,24)19-9-3-4-10-19/h1-2,5-8,11H,3-4,9-10,12H2. The molecular weight excluding hydrogens is 380 g/mol.